The van der Waals surface area contributed by atoms with Crippen LogP contribution in [0.1, 0.15) is 17.7 Å². The summed E-state index contributed by atoms with van der Waals surface area (Å²) in [6, 6.07) is 16.7. The Hall–Kier alpha value is -3.00. The zero-order valence-electron chi connectivity index (χ0n) is 17.3. The van der Waals surface area contributed by atoms with Crippen LogP contribution in [0.15, 0.2) is 88.8 Å². The summed E-state index contributed by atoms with van der Waals surface area (Å²) in [6.45, 7) is 0. The molecule has 1 aromatic carbocycles. The summed E-state index contributed by atoms with van der Waals surface area (Å²) in [4.78, 5) is 36.4. The first-order chi connectivity index (χ1) is 16.1. The van der Waals surface area contributed by atoms with Crippen LogP contribution in [-0.2, 0) is 15.1 Å². The number of aromatic nitrogens is 2. The number of rotatable bonds is 5. The molecule has 0 radical (unpaired) electrons. The number of nitrogens with one attached hydrogen (secondary N) is 1. The normalized spacial score (nSPS) is 20.5. The fourth-order valence-corrected chi connectivity index (χ4v) is 6.05. The molecule has 2 atom stereocenters. The Kier molecular flexibility index (Phi) is 6.01. The van der Waals surface area contributed by atoms with Gasteiger partial charge in [-0.2, -0.15) is 11.3 Å². The van der Waals surface area contributed by atoms with Crippen molar-refractivity contribution < 1.29 is 9.59 Å². The molecule has 33 heavy (non-hydrogen) atoms. The molecule has 1 aliphatic heterocycles. The molecule has 0 spiro atoms. The minimum atomic E-state index is -1.06. The molecule has 5 rings (SSSR count). The van der Waals surface area contributed by atoms with Crippen molar-refractivity contribution in [2.45, 2.75) is 22.1 Å². The predicted octanol–water partition coefficient (Wildman–Crippen LogP) is 5.35. The van der Waals surface area contributed by atoms with Gasteiger partial charge in [0.25, 0.3) is 0 Å². The molecule has 0 bridgehead atoms. The van der Waals surface area contributed by atoms with Crippen LogP contribution in [0.4, 0.5) is 0 Å². The summed E-state index contributed by atoms with van der Waals surface area (Å²) >= 11 is 8.98. The average Bonchev–Trinajstić information content (AvgIpc) is 3.39. The third-order valence-electron chi connectivity index (χ3n) is 5.61. The number of nitrogens with zero attached hydrogens (tertiary/aromatic N) is 2. The van der Waals surface area contributed by atoms with Crippen molar-refractivity contribution in [2.75, 3.05) is 0 Å². The van der Waals surface area contributed by atoms with Gasteiger partial charge in [-0.05, 0) is 58.3 Å². The second-order valence-electron chi connectivity index (χ2n) is 7.61. The highest BCUT2D eigenvalue weighted by Gasteiger charge is 2.49. The Balaban J connectivity index is 1.59. The third kappa shape index (κ3) is 4.08. The number of benzene rings is 1. The molecule has 5 nitrogen and oxygen atoms in total. The number of ketones is 1. The van der Waals surface area contributed by atoms with Crippen LogP contribution in [-0.4, -0.2) is 26.9 Å². The monoisotopic (exact) mass is 491 g/mol. The van der Waals surface area contributed by atoms with Gasteiger partial charge in [-0.25, -0.2) is 0 Å². The summed E-state index contributed by atoms with van der Waals surface area (Å²) in [6.07, 6.45) is 5.20. The Labute approximate surface area is 204 Å². The van der Waals surface area contributed by atoms with Gasteiger partial charge in [0.1, 0.15) is 10.8 Å². The Morgan fingerprint density at radius 2 is 1.85 bits per heavy atom. The first-order valence-corrected chi connectivity index (χ1v) is 12.4. The summed E-state index contributed by atoms with van der Waals surface area (Å²) in [5, 5.41) is 6.71. The van der Waals surface area contributed by atoms with Gasteiger partial charge in [0.15, 0.2) is 5.78 Å². The number of halogens is 1. The molecule has 8 heteroatoms. The first kappa shape index (κ1) is 21.8. The van der Waals surface area contributed by atoms with E-state index in [0.717, 1.165) is 16.7 Å². The number of carbonyl (C=O) groups is 2. The lowest BCUT2D eigenvalue weighted by Crippen LogP contribution is -2.58. The van der Waals surface area contributed by atoms with Crippen LogP contribution in [0.25, 0.3) is 11.1 Å². The average molecular weight is 492 g/mol. The first-order valence-electron chi connectivity index (χ1n) is 10.2. The Morgan fingerprint density at radius 3 is 2.58 bits per heavy atom. The van der Waals surface area contributed by atoms with Gasteiger partial charge in [0.2, 0.25) is 5.91 Å². The van der Waals surface area contributed by atoms with Crippen molar-refractivity contribution in [1.29, 1.82) is 0 Å². The van der Waals surface area contributed by atoms with E-state index in [2.05, 4.69) is 15.3 Å². The van der Waals surface area contributed by atoms with E-state index >= 15 is 0 Å². The molecule has 0 aliphatic carbocycles. The summed E-state index contributed by atoms with van der Waals surface area (Å²) in [5.41, 5.74) is 2.17. The van der Waals surface area contributed by atoms with Crippen molar-refractivity contribution in [2.24, 2.45) is 0 Å². The van der Waals surface area contributed by atoms with Crippen LogP contribution >= 0.6 is 34.7 Å². The molecule has 4 heterocycles. The fourth-order valence-electron chi connectivity index (χ4n) is 4.08. The maximum atomic E-state index is 13.5. The van der Waals surface area contributed by atoms with Gasteiger partial charge >= 0.3 is 0 Å². The second-order valence-corrected chi connectivity index (χ2v) is 9.95. The molecule has 1 aliphatic rings. The zero-order chi connectivity index (χ0) is 22.8. The fraction of sp³-hybridized carbons (Fsp3) is 0.120. The number of hydrogen-bond acceptors (Lipinski definition) is 6. The van der Waals surface area contributed by atoms with Crippen molar-refractivity contribution in [1.82, 2.24) is 15.3 Å². The van der Waals surface area contributed by atoms with Gasteiger partial charge in [0, 0.05) is 35.5 Å². The second kappa shape index (κ2) is 9.09. The van der Waals surface area contributed by atoms with E-state index in [1.165, 1.54) is 23.1 Å². The lowest BCUT2D eigenvalue weighted by molar-refractivity contribution is -0.133. The number of carbonyl (C=O) groups excluding carboxylic acids is 2. The van der Waals surface area contributed by atoms with Gasteiger partial charge in [-0.1, -0.05) is 29.8 Å². The summed E-state index contributed by atoms with van der Waals surface area (Å²) < 4.78 is 0. The maximum Gasteiger partial charge on any atom is 0.242 e. The van der Waals surface area contributed by atoms with Gasteiger partial charge in [0.05, 0.1) is 10.7 Å². The standard InChI is InChI=1S/C25H18ClN3O2S2/c26-19-5-1-2-6-21(19)33-22-20(30)14-25(29-24(22)31,17-9-13-32-15-17)23-18(4-3-10-28-23)16-7-11-27-12-8-16/h1-13,15,22H,14H2,(H,29,31). The molecule has 1 saturated heterocycles. The van der Waals surface area contributed by atoms with E-state index < -0.39 is 10.8 Å². The van der Waals surface area contributed by atoms with E-state index in [0.29, 0.717) is 15.6 Å². The number of hydrogen-bond donors (Lipinski definition) is 1. The van der Waals surface area contributed by atoms with Crippen molar-refractivity contribution in [3.63, 3.8) is 0 Å². The number of pyridine rings is 2. The molecule has 2 unspecified atom stereocenters. The minimum absolute atomic E-state index is 0.0900. The predicted molar refractivity (Wildman–Crippen MR) is 131 cm³/mol. The van der Waals surface area contributed by atoms with Gasteiger partial charge < -0.3 is 5.32 Å². The molecule has 1 N–H and O–H groups in total. The highest BCUT2D eigenvalue weighted by Crippen LogP contribution is 2.43. The van der Waals surface area contributed by atoms with E-state index in [4.69, 9.17) is 11.6 Å². The third-order valence-corrected chi connectivity index (χ3v) is 8.05. The molecular weight excluding hydrogens is 474 g/mol. The smallest absolute Gasteiger partial charge is 0.242 e. The maximum absolute atomic E-state index is 13.5. The van der Waals surface area contributed by atoms with E-state index in [9.17, 15) is 9.59 Å². The number of piperidine rings is 1. The lowest BCUT2D eigenvalue weighted by Gasteiger charge is -2.40. The van der Waals surface area contributed by atoms with E-state index in [-0.39, 0.29) is 18.1 Å². The Bertz CT molecular complexity index is 1290. The van der Waals surface area contributed by atoms with Crippen LogP contribution < -0.4 is 5.32 Å². The van der Waals surface area contributed by atoms with Gasteiger partial charge in [-0.3, -0.25) is 19.6 Å². The van der Waals surface area contributed by atoms with E-state index in [1.54, 1.807) is 24.7 Å². The number of thiophene rings is 1. The van der Waals surface area contributed by atoms with Crippen LogP contribution in [0, 0.1) is 0 Å². The SMILES string of the molecule is O=C1CC(c2ccsc2)(c2ncccc2-c2ccncc2)NC(=O)C1Sc1ccccc1Cl. The topological polar surface area (TPSA) is 72.0 Å². The number of thioether (sulfide) groups is 1. The number of Topliss-reactive ketones (excluding diaryl/α,β-unsaturated/α-hetero) is 1. The molecule has 4 aromatic rings. The van der Waals surface area contributed by atoms with Crippen molar-refractivity contribution in [3.8, 4) is 11.1 Å². The Morgan fingerprint density at radius 1 is 1.03 bits per heavy atom. The quantitative estimate of drug-likeness (QED) is 0.381. The zero-order valence-corrected chi connectivity index (χ0v) is 19.7. The van der Waals surface area contributed by atoms with Crippen LogP contribution in [0.2, 0.25) is 5.02 Å². The molecular formula is C25H18ClN3O2S2. The van der Waals surface area contributed by atoms with Crippen molar-refractivity contribution >= 4 is 46.4 Å². The summed E-state index contributed by atoms with van der Waals surface area (Å²) in [5.74, 6) is -0.519. The minimum Gasteiger partial charge on any atom is -0.339 e. The molecule has 1 amide bonds. The highest BCUT2D eigenvalue weighted by atomic mass is 35.5. The molecule has 164 valence electrons. The van der Waals surface area contributed by atoms with Gasteiger partial charge in [-0.15, -0.1) is 11.8 Å². The van der Waals surface area contributed by atoms with Crippen LogP contribution in [0.5, 0.6) is 0 Å². The van der Waals surface area contributed by atoms with Crippen molar-refractivity contribution in [3.05, 3.63) is 100 Å². The highest BCUT2D eigenvalue weighted by molar-refractivity contribution is 8.01. The summed E-state index contributed by atoms with van der Waals surface area (Å²) in [7, 11) is 0. The largest absolute Gasteiger partial charge is 0.339 e. The molecule has 1 fully saturated rings. The lowest BCUT2D eigenvalue weighted by atomic mass is 9.77. The molecule has 3 aromatic heterocycles. The van der Waals surface area contributed by atoms with E-state index in [1.807, 2.05) is 59.3 Å². The van der Waals surface area contributed by atoms with Crippen LogP contribution in [0.3, 0.4) is 0 Å². The number of amides is 1. The molecule has 0 saturated carbocycles.